The molecule has 20 heavy (non-hydrogen) atoms. The number of amides is 2. The molecule has 106 valence electrons. The summed E-state index contributed by atoms with van der Waals surface area (Å²) < 4.78 is 0. The van der Waals surface area contributed by atoms with E-state index < -0.39 is 0 Å². The molecule has 1 N–H and O–H groups in total. The number of hydrogen-bond acceptors (Lipinski definition) is 4. The zero-order valence-corrected chi connectivity index (χ0v) is 11.5. The Morgan fingerprint density at radius 3 is 2.75 bits per heavy atom. The Labute approximate surface area is 118 Å². The van der Waals surface area contributed by atoms with Gasteiger partial charge in [-0.25, -0.2) is 4.98 Å². The van der Waals surface area contributed by atoms with Crippen molar-refractivity contribution in [3.8, 4) is 0 Å². The van der Waals surface area contributed by atoms with Gasteiger partial charge >= 0.3 is 0 Å². The first-order chi connectivity index (χ1) is 9.75. The number of carbonyl (C=O) groups is 2. The maximum absolute atomic E-state index is 12.1. The Balaban J connectivity index is 1.89. The zero-order valence-electron chi connectivity index (χ0n) is 11.5. The average molecular weight is 273 g/mol. The molecule has 2 aliphatic heterocycles. The molecular weight excluding hydrogens is 254 g/mol. The lowest BCUT2D eigenvalue weighted by atomic mass is 9.90. The van der Waals surface area contributed by atoms with Crippen molar-refractivity contribution >= 4 is 17.6 Å². The second kappa shape index (κ2) is 5.61. The molecule has 0 aliphatic carbocycles. The van der Waals surface area contributed by atoms with Gasteiger partial charge in [-0.3, -0.25) is 14.9 Å². The quantitative estimate of drug-likeness (QED) is 0.831. The molecule has 0 spiro atoms. The van der Waals surface area contributed by atoms with Crippen LogP contribution < -0.4 is 10.2 Å². The number of nitrogens with zero attached hydrogens (tertiary/aromatic N) is 2. The molecule has 1 unspecified atom stereocenters. The van der Waals surface area contributed by atoms with Crippen LogP contribution in [-0.4, -0.2) is 29.9 Å². The van der Waals surface area contributed by atoms with E-state index in [0.29, 0.717) is 12.8 Å². The van der Waals surface area contributed by atoms with Gasteiger partial charge in [0.15, 0.2) is 0 Å². The number of carbonyl (C=O) groups excluding carboxylic acids is 2. The first kappa shape index (κ1) is 13.1. The van der Waals surface area contributed by atoms with E-state index in [1.54, 1.807) is 6.20 Å². The second-order valence-electron chi connectivity index (χ2n) is 5.47. The average Bonchev–Trinajstić information content (AvgIpc) is 2.48. The van der Waals surface area contributed by atoms with Gasteiger partial charge in [0.05, 0.1) is 5.92 Å². The molecule has 3 rings (SSSR count). The fourth-order valence-corrected chi connectivity index (χ4v) is 3.04. The van der Waals surface area contributed by atoms with Gasteiger partial charge in [0.2, 0.25) is 11.8 Å². The monoisotopic (exact) mass is 273 g/mol. The summed E-state index contributed by atoms with van der Waals surface area (Å²) >= 11 is 0. The van der Waals surface area contributed by atoms with E-state index in [1.807, 2.05) is 12.1 Å². The van der Waals surface area contributed by atoms with Crippen LogP contribution in [0.1, 0.15) is 43.6 Å². The fourth-order valence-electron chi connectivity index (χ4n) is 3.04. The summed E-state index contributed by atoms with van der Waals surface area (Å²) in [7, 11) is 0. The lowest BCUT2D eigenvalue weighted by molar-refractivity contribution is -0.134. The predicted octanol–water partition coefficient (Wildman–Crippen LogP) is 1.59. The molecule has 2 fully saturated rings. The van der Waals surface area contributed by atoms with Crippen molar-refractivity contribution in [3.05, 3.63) is 23.9 Å². The Morgan fingerprint density at radius 1 is 1.20 bits per heavy atom. The lowest BCUT2D eigenvalue weighted by Gasteiger charge is -2.31. The molecule has 5 nitrogen and oxygen atoms in total. The summed E-state index contributed by atoms with van der Waals surface area (Å²) in [5.74, 6) is 0.308. The van der Waals surface area contributed by atoms with E-state index in [-0.39, 0.29) is 17.7 Å². The SMILES string of the molecule is O=C1CCC(c2cccnc2N2CCCCC2)C(=O)N1. The number of hydrogen-bond donors (Lipinski definition) is 1. The summed E-state index contributed by atoms with van der Waals surface area (Å²) in [6, 6.07) is 3.84. The number of imide groups is 1. The van der Waals surface area contributed by atoms with Crippen LogP contribution in [0.3, 0.4) is 0 Å². The van der Waals surface area contributed by atoms with Crippen LogP contribution >= 0.6 is 0 Å². The molecule has 2 saturated heterocycles. The van der Waals surface area contributed by atoms with Crippen LogP contribution in [-0.2, 0) is 9.59 Å². The van der Waals surface area contributed by atoms with E-state index in [1.165, 1.54) is 19.3 Å². The first-order valence-corrected chi connectivity index (χ1v) is 7.29. The number of piperidine rings is 2. The number of aromatic nitrogens is 1. The van der Waals surface area contributed by atoms with Crippen molar-refractivity contribution in [1.82, 2.24) is 10.3 Å². The summed E-state index contributed by atoms with van der Waals surface area (Å²) in [4.78, 5) is 30.1. The van der Waals surface area contributed by atoms with Crippen molar-refractivity contribution in [2.24, 2.45) is 0 Å². The molecule has 0 bridgehead atoms. The second-order valence-corrected chi connectivity index (χ2v) is 5.47. The molecule has 2 amide bonds. The van der Waals surface area contributed by atoms with Crippen molar-refractivity contribution < 1.29 is 9.59 Å². The van der Waals surface area contributed by atoms with Crippen LogP contribution in [0.5, 0.6) is 0 Å². The molecule has 5 heteroatoms. The Hall–Kier alpha value is -1.91. The molecule has 2 aliphatic rings. The van der Waals surface area contributed by atoms with Gasteiger partial charge in [0.1, 0.15) is 5.82 Å². The molecule has 0 saturated carbocycles. The van der Waals surface area contributed by atoms with Gasteiger partial charge in [-0.2, -0.15) is 0 Å². The number of nitrogens with one attached hydrogen (secondary N) is 1. The van der Waals surface area contributed by atoms with Crippen LogP contribution in [0.15, 0.2) is 18.3 Å². The number of anilines is 1. The van der Waals surface area contributed by atoms with Crippen molar-refractivity contribution in [3.63, 3.8) is 0 Å². The Morgan fingerprint density at radius 2 is 2.00 bits per heavy atom. The standard InChI is InChI=1S/C15H19N3O2/c19-13-7-6-12(15(20)17-13)11-5-4-8-16-14(11)18-9-2-1-3-10-18/h4-5,8,12H,1-3,6-7,9-10H2,(H,17,19,20). The fraction of sp³-hybridized carbons (Fsp3) is 0.533. The van der Waals surface area contributed by atoms with E-state index in [0.717, 1.165) is 24.5 Å². The van der Waals surface area contributed by atoms with E-state index >= 15 is 0 Å². The van der Waals surface area contributed by atoms with E-state index in [9.17, 15) is 9.59 Å². The van der Waals surface area contributed by atoms with Gasteiger partial charge in [0, 0.05) is 31.3 Å². The highest BCUT2D eigenvalue weighted by Gasteiger charge is 2.31. The smallest absolute Gasteiger partial charge is 0.234 e. The van der Waals surface area contributed by atoms with Gasteiger partial charge in [-0.1, -0.05) is 6.07 Å². The minimum Gasteiger partial charge on any atom is -0.356 e. The molecule has 0 aromatic carbocycles. The topological polar surface area (TPSA) is 62.3 Å². The molecule has 1 atom stereocenters. The Kier molecular flexibility index (Phi) is 3.67. The van der Waals surface area contributed by atoms with Gasteiger partial charge in [-0.05, 0) is 31.7 Å². The third-order valence-electron chi connectivity index (χ3n) is 4.09. The third-order valence-corrected chi connectivity index (χ3v) is 4.09. The minimum absolute atomic E-state index is 0.172. The van der Waals surface area contributed by atoms with Crippen molar-refractivity contribution in [2.75, 3.05) is 18.0 Å². The maximum atomic E-state index is 12.1. The normalized spacial score (nSPS) is 23.6. The van der Waals surface area contributed by atoms with Crippen molar-refractivity contribution in [2.45, 2.75) is 38.0 Å². The molecule has 0 radical (unpaired) electrons. The van der Waals surface area contributed by atoms with E-state index in [2.05, 4.69) is 15.2 Å². The van der Waals surface area contributed by atoms with Crippen LogP contribution in [0, 0.1) is 0 Å². The number of pyridine rings is 1. The van der Waals surface area contributed by atoms with Crippen LogP contribution in [0.2, 0.25) is 0 Å². The third kappa shape index (κ3) is 2.53. The molecule has 1 aromatic heterocycles. The largest absolute Gasteiger partial charge is 0.356 e. The van der Waals surface area contributed by atoms with Crippen molar-refractivity contribution in [1.29, 1.82) is 0 Å². The van der Waals surface area contributed by atoms with Gasteiger partial charge in [-0.15, -0.1) is 0 Å². The molecule has 1 aromatic rings. The summed E-state index contributed by atoms with van der Waals surface area (Å²) in [5, 5.41) is 2.43. The number of rotatable bonds is 2. The van der Waals surface area contributed by atoms with Gasteiger partial charge in [0.25, 0.3) is 0 Å². The predicted molar refractivity (Wildman–Crippen MR) is 75.4 cm³/mol. The molecular formula is C15H19N3O2. The summed E-state index contributed by atoms with van der Waals surface area (Å²) in [6.07, 6.45) is 6.37. The minimum atomic E-state index is -0.252. The van der Waals surface area contributed by atoms with Crippen LogP contribution in [0.4, 0.5) is 5.82 Å². The van der Waals surface area contributed by atoms with Gasteiger partial charge < -0.3 is 4.90 Å². The van der Waals surface area contributed by atoms with Crippen LogP contribution in [0.25, 0.3) is 0 Å². The maximum Gasteiger partial charge on any atom is 0.234 e. The highest BCUT2D eigenvalue weighted by Crippen LogP contribution is 2.32. The zero-order chi connectivity index (χ0) is 13.9. The first-order valence-electron chi connectivity index (χ1n) is 7.29. The van der Waals surface area contributed by atoms with E-state index in [4.69, 9.17) is 0 Å². The highest BCUT2D eigenvalue weighted by molar-refractivity contribution is 6.01. The highest BCUT2D eigenvalue weighted by atomic mass is 16.2. The summed E-state index contributed by atoms with van der Waals surface area (Å²) in [6.45, 7) is 1.99. The lowest BCUT2D eigenvalue weighted by Crippen LogP contribution is -2.40. The summed E-state index contributed by atoms with van der Waals surface area (Å²) in [5.41, 5.74) is 0.958. The molecule has 3 heterocycles. The Bertz CT molecular complexity index is 524.